The molecule has 0 saturated heterocycles. The van der Waals surface area contributed by atoms with Crippen molar-refractivity contribution in [1.82, 2.24) is 0 Å². The Morgan fingerprint density at radius 2 is 2.17 bits per heavy atom. The molecule has 0 unspecified atom stereocenters. The van der Waals surface area contributed by atoms with E-state index in [1.807, 2.05) is 6.92 Å². The molecule has 0 aliphatic heterocycles. The van der Waals surface area contributed by atoms with Gasteiger partial charge in [-0.25, -0.2) is 8.78 Å². The van der Waals surface area contributed by atoms with Gasteiger partial charge in [0, 0.05) is 31.3 Å². The van der Waals surface area contributed by atoms with Crippen LogP contribution in [0.2, 0.25) is 0 Å². The van der Waals surface area contributed by atoms with Gasteiger partial charge < -0.3 is 10.6 Å². The summed E-state index contributed by atoms with van der Waals surface area (Å²) in [5, 5.41) is 10.9. The van der Waals surface area contributed by atoms with Gasteiger partial charge in [0.15, 0.2) is 0 Å². The normalized spacial score (nSPS) is 10.7. The van der Waals surface area contributed by atoms with Crippen molar-refractivity contribution in [3.05, 3.63) is 33.9 Å². The predicted molar refractivity (Wildman–Crippen MR) is 65.0 cm³/mol. The summed E-state index contributed by atoms with van der Waals surface area (Å²) in [4.78, 5) is 12.0. The van der Waals surface area contributed by atoms with E-state index in [1.54, 1.807) is 4.90 Å². The Balaban J connectivity index is 3.21. The van der Waals surface area contributed by atoms with Gasteiger partial charge in [0.25, 0.3) is 12.1 Å². The summed E-state index contributed by atoms with van der Waals surface area (Å²) in [6.07, 6.45) is -2.72. The Morgan fingerprint density at radius 3 is 2.61 bits per heavy atom. The molecule has 0 atom stereocenters. The van der Waals surface area contributed by atoms with E-state index in [2.05, 4.69) is 0 Å². The maximum absolute atomic E-state index is 12.5. The Bertz CT molecular complexity index is 427. The molecule has 0 fully saturated rings. The van der Waals surface area contributed by atoms with Gasteiger partial charge >= 0.3 is 0 Å². The van der Waals surface area contributed by atoms with Crippen LogP contribution >= 0.6 is 0 Å². The van der Waals surface area contributed by atoms with E-state index in [1.165, 1.54) is 12.1 Å². The van der Waals surface area contributed by atoms with Gasteiger partial charge in [0.2, 0.25) is 0 Å². The topological polar surface area (TPSA) is 72.4 Å². The number of anilines is 1. The van der Waals surface area contributed by atoms with Crippen molar-refractivity contribution >= 4 is 11.4 Å². The SMILES string of the molecule is CCN(CCN)c1ccc(C(F)F)cc1[N+](=O)[O-]. The van der Waals surface area contributed by atoms with E-state index in [-0.39, 0.29) is 11.3 Å². The van der Waals surface area contributed by atoms with Crippen molar-refractivity contribution in [2.75, 3.05) is 24.5 Å². The highest BCUT2D eigenvalue weighted by Crippen LogP contribution is 2.32. The van der Waals surface area contributed by atoms with E-state index in [9.17, 15) is 18.9 Å². The van der Waals surface area contributed by atoms with Gasteiger partial charge in [-0.05, 0) is 13.0 Å². The number of nitro groups is 1. The van der Waals surface area contributed by atoms with Crippen LogP contribution in [0.4, 0.5) is 20.2 Å². The highest BCUT2D eigenvalue weighted by Gasteiger charge is 2.21. The number of hydrogen-bond acceptors (Lipinski definition) is 4. The second kappa shape index (κ2) is 6.25. The third-order valence-electron chi connectivity index (χ3n) is 2.57. The van der Waals surface area contributed by atoms with E-state index in [0.717, 1.165) is 6.07 Å². The summed E-state index contributed by atoms with van der Waals surface area (Å²) < 4.78 is 25.0. The van der Waals surface area contributed by atoms with Crippen LogP contribution in [0, 0.1) is 10.1 Å². The molecule has 1 rings (SSSR count). The number of nitrogens with zero attached hydrogens (tertiary/aromatic N) is 2. The van der Waals surface area contributed by atoms with E-state index in [4.69, 9.17) is 5.73 Å². The Kier molecular flexibility index (Phi) is 4.96. The smallest absolute Gasteiger partial charge is 0.293 e. The largest absolute Gasteiger partial charge is 0.365 e. The Labute approximate surface area is 103 Å². The lowest BCUT2D eigenvalue weighted by atomic mass is 10.1. The van der Waals surface area contributed by atoms with E-state index in [0.29, 0.717) is 25.3 Å². The zero-order chi connectivity index (χ0) is 13.7. The van der Waals surface area contributed by atoms with Gasteiger partial charge in [-0.1, -0.05) is 6.07 Å². The number of hydrogen-bond donors (Lipinski definition) is 1. The molecule has 0 spiro atoms. The lowest BCUT2D eigenvalue weighted by Gasteiger charge is -2.22. The molecule has 0 bridgehead atoms. The molecular formula is C11H15F2N3O2. The first-order chi connectivity index (χ1) is 8.51. The maximum Gasteiger partial charge on any atom is 0.293 e. The Hall–Kier alpha value is -1.76. The third-order valence-corrected chi connectivity index (χ3v) is 2.57. The molecular weight excluding hydrogens is 244 g/mol. The fraction of sp³-hybridized carbons (Fsp3) is 0.455. The molecule has 0 aliphatic rings. The molecule has 0 heterocycles. The van der Waals surface area contributed by atoms with Gasteiger partial charge in [-0.3, -0.25) is 10.1 Å². The minimum atomic E-state index is -2.72. The minimum absolute atomic E-state index is 0.317. The number of rotatable bonds is 6. The third kappa shape index (κ3) is 3.13. The van der Waals surface area contributed by atoms with Crippen molar-refractivity contribution in [2.45, 2.75) is 13.3 Å². The number of nitrogens with two attached hydrogens (primary N) is 1. The summed E-state index contributed by atoms with van der Waals surface area (Å²) in [7, 11) is 0. The number of benzene rings is 1. The maximum atomic E-state index is 12.5. The molecule has 0 amide bonds. The predicted octanol–water partition coefficient (Wildman–Crippen LogP) is 2.32. The monoisotopic (exact) mass is 259 g/mol. The molecule has 100 valence electrons. The summed E-state index contributed by atoms with van der Waals surface area (Å²) >= 11 is 0. The summed E-state index contributed by atoms with van der Waals surface area (Å²) in [6, 6.07) is 3.46. The van der Waals surface area contributed by atoms with Crippen molar-refractivity contribution in [2.24, 2.45) is 5.73 Å². The van der Waals surface area contributed by atoms with E-state index < -0.39 is 11.3 Å². The standard InChI is InChI=1S/C11H15F2N3O2/c1-2-15(6-5-14)9-4-3-8(11(12)13)7-10(9)16(17)18/h3-4,7,11H,2,5-6,14H2,1H3. The first-order valence-corrected chi connectivity index (χ1v) is 5.52. The van der Waals surface area contributed by atoms with Crippen LogP contribution < -0.4 is 10.6 Å². The van der Waals surface area contributed by atoms with Crippen LogP contribution in [0.5, 0.6) is 0 Å². The molecule has 5 nitrogen and oxygen atoms in total. The first kappa shape index (κ1) is 14.3. The highest BCUT2D eigenvalue weighted by molar-refractivity contribution is 5.64. The molecule has 1 aromatic rings. The van der Waals surface area contributed by atoms with Gasteiger partial charge in [-0.2, -0.15) is 0 Å². The first-order valence-electron chi connectivity index (χ1n) is 5.52. The lowest BCUT2D eigenvalue weighted by molar-refractivity contribution is -0.384. The number of likely N-dealkylation sites (N-methyl/N-ethyl adjacent to an activating group) is 1. The van der Waals surface area contributed by atoms with Gasteiger partial charge in [0.05, 0.1) is 4.92 Å². The molecule has 0 aromatic heterocycles. The van der Waals surface area contributed by atoms with Crippen molar-refractivity contribution in [3.8, 4) is 0 Å². The van der Waals surface area contributed by atoms with Crippen LogP contribution in [0.15, 0.2) is 18.2 Å². The van der Waals surface area contributed by atoms with Gasteiger partial charge in [-0.15, -0.1) is 0 Å². The summed E-state index contributed by atoms with van der Waals surface area (Å²) in [5.41, 5.74) is 5.06. The average Bonchev–Trinajstić information content (AvgIpc) is 2.35. The molecule has 0 aliphatic carbocycles. The molecule has 1 aromatic carbocycles. The van der Waals surface area contributed by atoms with Crippen LogP contribution in [0.1, 0.15) is 18.9 Å². The zero-order valence-corrected chi connectivity index (χ0v) is 9.97. The van der Waals surface area contributed by atoms with Crippen molar-refractivity contribution in [3.63, 3.8) is 0 Å². The Morgan fingerprint density at radius 1 is 1.50 bits per heavy atom. The van der Waals surface area contributed by atoms with E-state index >= 15 is 0 Å². The summed E-state index contributed by atoms with van der Waals surface area (Å²) in [5.74, 6) is 0. The number of alkyl halides is 2. The van der Waals surface area contributed by atoms with Crippen LogP contribution in [-0.4, -0.2) is 24.6 Å². The molecule has 18 heavy (non-hydrogen) atoms. The highest BCUT2D eigenvalue weighted by atomic mass is 19.3. The molecule has 2 N–H and O–H groups in total. The zero-order valence-electron chi connectivity index (χ0n) is 9.97. The van der Waals surface area contributed by atoms with Crippen molar-refractivity contribution in [1.29, 1.82) is 0 Å². The minimum Gasteiger partial charge on any atom is -0.365 e. The molecule has 0 radical (unpaired) electrons. The fourth-order valence-corrected chi connectivity index (χ4v) is 1.69. The second-order valence-electron chi connectivity index (χ2n) is 3.67. The number of nitro benzene ring substituents is 1. The summed E-state index contributed by atoms with van der Waals surface area (Å²) in [6.45, 7) is 3.11. The van der Waals surface area contributed by atoms with Gasteiger partial charge in [0.1, 0.15) is 5.69 Å². The second-order valence-corrected chi connectivity index (χ2v) is 3.67. The van der Waals surface area contributed by atoms with Crippen LogP contribution in [0.25, 0.3) is 0 Å². The number of halogens is 2. The van der Waals surface area contributed by atoms with Crippen LogP contribution in [0.3, 0.4) is 0 Å². The fourth-order valence-electron chi connectivity index (χ4n) is 1.69. The molecule has 7 heteroatoms. The van der Waals surface area contributed by atoms with Crippen LogP contribution in [-0.2, 0) is 0 Å². The lowest BCUT2D eigenvalue weighted by Crippen LogP contribution is -2.29. The quantitative estimate of drug-likeness (QED) is 0.628. The molecule has 0 saturated carbocycles. The van der Waals surface area contributed by atoms with Crippen molar-refractivity contribution < 1.29 is 13.7 Å². The average molecular weight is 259 g/mol.